The Morgan fingerprint density at radius 2 is 1.62 bits per heavy atom. The summed E-state index contributed by atoms with van der Waals surface area (Å²) in [6.45, 7) is 8.11. The summed E-state index contributed by atoms with van der Waals surface area (Å²) in [6, 6.07) is 0.694. The summed E-state index contributed by atoms with van der Waals surface area (Å²) in [5, 5.41) is 0. The number of hydrogen-bond donors (Lipinski definition) is 2. The Hall–Kier alpha value is -1.10. The zero-order valence-corrected chi connectivity index (χ0v) is 13.6. The number of likely N-dealkylation sites (tertiary alicyclic amines) is 2. The Morgan fingerprint density at radius 3 is 2.10 bits per heavy atom. The summed E-state index contributed by atoms with van der Waals surface area (Å²) in [7, 11) is 0. The number of carbonyl (C=O) groups is 2. The molecule has 0 aromatic carbocycles. The minimum atomic E-state index is -0.189. The summed E-state index contributed by atoms with van der Waals surface area (Å²) in [5.41, 5.74) is 5.38. The molecule has 2 fully saturated rings. The number of carbonyl (C=O) groups excluding carboxylic acids is 2. The van der Waals surface area contributed by atoms with Gasteiger partial charge in [-0.2, -0.15) is 0 Å². The van der Waals surface area contributed by atoms with Gasteiger partial charge in [-0.25, -0.2) is 0 Å². The van der Waals surface area contributed by atoms with Gasteiger partial charge in [-0.3, -0.25) is 9.59 Å². The summed E-state index contributed by atoms with van der Waals surface area (Å²) < 4.78 is 0. The fourth-order valence-electron chi connectivity index (χ4n) is 3.96. The molecule has 2 aliphatic heterocycles. The molecule has 3 N–H and O–H groups in total. The highest BCUT2D eigenvalue weighted by molar-refractivity contribution is 5.81. The highest BCUT2D eigenvalue weighted by Gasteiger charge is 2.38. The van der Waals surface area contributed by atoms with Crippen LogP contribution < -0.4 is 10.6 Å². The smallest absolute Gasteiger partial charge is 0.281 e. The van der Waals surface area contributed by atoms with Crippen LogP contribution in [0.5, 0.6) is 0 Å². The Balaban J connectivity index is 1.95. The summed E-state index contributed by atoms with van der Waals surface area (Å²) >= 11 is 0. The normalized spacial score (nSPS) is 35.3. The van der Waals surface area contributed by atoms with Crippen molar-refractivity contribution in [2.45, 2.75) is 71.0 Å². The molecule has 0 aromatic rings. The number of nitrogens with two attached hydrogens (primary N) is 1. The van der Waals surface area contributed by atoms with Crippen LogP contribution in [0, 0.1) is 5.92 Å². The molecule has 2 aliphatic rings. The topological polar surface area (TPSA) is 67.8 Å². The van der Waals surface area contributed by atoms with Crippen LogP contribution in [0.15, 0.2) is 0 Å². The van der Waals surface area contributed by atoms with Gasteiger partial charge in [-0.1, -0.05) is 0 Å². The van der Waals surface area contributed by atoms with E-state index in [0.29, 0.717) is 12.1 Å². The van der Waals surface area contributed by atoms with Crippen molar-refractivity contribution in [3.63, 3.8) is 0 Å². The van der Waals surface area contributed by atoms with Crippen molar-refractivity contribution in [2.75, 3.05) is 13.1 Å². The van der Waals surface area contributed by atoms with E-state index >= 15 is 0 Å². The van der Waals surface area contributed by atoms with Gasteiger partial charge >= 0.3 is 0 Å². The van der Waals surface area contributed by atoms with Crippen molar-refractivity contribution in [3.8, 4) is 0 Å². The second-order valence-corrected chi connectivity index (χ2v) is 6.93. The van der Waals surface area contributed by atoms with E-state index < -0.39 is 0 Å². The first-order chi connectivity index (χ1) is 9.91. The van der Waals surface area contributed by atoms with E-state index in [1.807, 2.05) is 6.92 Å². The number of piperidine rings is 2. The number of nitrogens with one attached hydrogen (secondary N) is 1. The van der Waals surface area contributed by atoms with Crippen molar-refractivity contribution >= 4 is 11.8 Å². The molecule has 2 saturated heterocycles. The summed E-state index contributed by atoms with van der Waals surface area (Å²) in [6.07, 6.45) is 5.07. The van der Waals surface area contributed by atoms with Crippen LogP contribution in [0.3, 0.4) is 0 Å². The molecule has 2 rings (SSSR count). The zero-order valence-electron chi connectivity index (χ0n) is 13.6. The van der Waals surface area contributed by atoms with E-state index in [4.69, 9.17) is 5.73 Å². The third-order valence-electron chi connectivity index (χ3n) is 5.46. The van der Waals surface area contributed by atoms with Gasteiger partial charge in [0.2, 0.25) is 5.91 Å². The first kappa shape index (κ1) is 16.3. The molecule has 21 heavy (non-hydrogen) atoms. The van der Waals surface area contributed by atoms with E-state index in [0.717, 1.165) is 38.8 Å². The zero-order chi connectivity index (χ0) is 15.6. The molecule has 5 nitrogen and oxygen atoms in total. The lowest BCUT2D eigenvalue weighted by Crippen LogP contribution is -3.17. The number of amides is 2. The molecule has 0 radical (unpaired) electrons. The molecule has 2 amide bonds. The third-order valence-corrected chi connectivity index (χ3v) is 5.46. The van der Waals surface area contributed by atoms with E-state index in [-0.39, 0.29) is 23.8 Å². The maximum Gasteiger partial charge on any atom is 0.281 e. The SMILES string of the molecule is C[C@H](C(=O)N1[C@@H](C)CCC[C@@H]1C)[NH+]1CCC(C(N)=O)CC1. The maximum atomic E-state index is 12.8. The molecule has 120 valence electrons. The van der Waals surface area contributed by atoms with Crippen molar-refractivity contribution < 1.29 is 14.5 Å². The van der Waals surface area contributed by atoms with E-state index in [1.165, 1.54) is 11.3 Å². The predicted octanol–water partition coefficient (Wildman–Crippen LogP) is -0.0554. The molecular formula is C16H30N3O2+. The first-order valence-corrected chi connectivity index (χ1v) is 8.38. The van der Waals surface area contributed by atoms with Crippen molar-refractivity contribution in [2.24, 2.45) is 11.7 Å². The van der Waals surface area contributed by atoms with Gasteiger partial charge in [-0.05, 0) is 40.0 Å². The minimum absolute atomic E-state index is 0.00360. The van der Waals surface area contributed by atoms with Gasteiger partial charge in [0, 0.05) is 30.8 Å². The van der Waals surface area contributed by atoms with Gasteiger partial charge in [0.05, 0.1) is 13.1 Å². The molecule has 0 aliphatic carbocycles. The van der Waals surface area contributed by atoms with Crippen LogP contribution in [-0.4, -0.2) is 47.9 Å². The summed E-state index contributed by atoms with van der Waals surface area (Å²) in [4.78, 5) is 27.5. The quantitative estimate of drug-likeness (QED) is 0.766. The van der Waals surface area contributed by atoms with Gasteiger partial charge in [0.25, 0.3) is 5.91 Å². The van der Waals surface area contributed by atoms with Gasteiger partial charge < -0.3 is 15.5 Å². The fraction of sp³-hybridized carbons (Fsp3) is 0.875. The Bertz CT molecular complexity index is 381. The number of nitrogens with zero attached hydrogens (tertiary/aromatic N) is 1. The highest BCUT2D eigenvalue weighted by atomic mass is 16.2. The molecule has 0 aromatic heterocycles. The second-order valence-electron chi connectivity index (χ2n) is 6.93. The molecule has 0 saturated carbocycles. The Labute approximate surface area is 127 Å². The monoisotopic (exact) mass is 296 g/mol. The number of hydrogen-bond acceptors (Lipinski definition) is 2. The fourth-order valence-corrected chi connectivity index (χ4v) is 3.96. The number of primary amides is 1. The predicted molar refractivity (Wildman–Crippen MR) is 81.7 cm³/mol. The minimum Gasteiger partial charge on any atom is -0.369 e. The van der Waals surface area contributed by atoms with Crippen LogP contribution >= 0.6 is 0 Å². The van der Waals surface area contributed by atoms with Gasteiger partial charge in [-0.15, -0.1) is 0 Å². The van der Waals surface area contributed by atoms with Crippen LogP contribution in [-0.2, 0) is 9.59 Å². The maximum absolute atomic E-state index is 12.8. The van der Waals surface area contributed by atoms with Crippen molar-refractivity contribution in [3.05, 3.63) is 0 Å². The van der Waals surface area contributed by atoms with E-state index in [2.05, 4.69) is 18.7 Å². The average Bonchev–Trinajstić information content (AvgIpc) is 2.46. The van der Waals surface area contributed by atoms with Crippen LogP contribution in [0.4, 0.5) is 0 Å². The van der Waals surface area contributed by atoms with Gasteiger partial charge in [0.1, 0.15) is 0 Å². The Morgan fingerprint density at radius 1 is 1.10 bits per heavy atom. The number of quaternary nitrogens is 1. The van der Waals surface area contributed by atoms with Crippen molar-refractivity contribution in [1.82, 2.24) is 4.90 Å². The highest BCUT2D eigenvalue weighted by Crippen LogP contribution is 2.23. The molecule has 0 spiro atoms. The van der Waals surface area contributed by atoms with E-state index in [1.54, 1.807) is 0 Å². The average molecular weight is 296 g/mol. The lowest BCUT2D eigenvalue weighted by molar-refractivity contribution is -0.920. The van der Waals surface area contributed by atoms with Crippen molar-refractivity contribution in [1.29, 1.82) is 0 Å². The number of rotatable bonds is 3. The molecule has 0 unspecified atom stereocenters. The van der Waals surface area contributed by atoms with Gasteiger partial charge in [0.15, 0.2) is 6.04 Å². The lowest BCUT2D eigenvalue weighted by atomic mass is 9.94. The second kappa shape index (κ2) is 6.77. The first-order valence-electron chi connectivity index (χ1n) is 8.38. The molecule has 5 heteroatoms. The molecule has 3 atom stereocenters. The lowest BCUT2D eigenvalue weighted by Gasteiger charge is -2.42. The van der Waals surface area contributed by atoms with Crippen LogP contribution in [0.2, 0.25) is 0 Å². The standard InChI is InChI=1S/C16H29N3O2/c1-11-5-4-6-12(2)19(11)16(21)13(3)18-9-7-14(8-10-18)15(17)20/h11-14H,4-10H2,1-3H3,(H2,17,20)/p+1/t11-,12-,13+/m0/s1. The van der Waals surface area contributed by atoms with E-state index in [9.17, 15) is 9.59 Å². The third kappa shape index (κ3) is 3.57. The Kier molecular flexibility index (Phi) is 5.25. The van der Waals surface area contributed by atoms with Crippen LogP contribution in [0.1, 0.15) is 52.9 Å². The molecule has 0 bridgehead atoms. The molecule has 2 heterocycles. The van der Waals surface area contributed by atoms with Crippen LogP contribution in [0.25, 0.3) is 0 Å². The largest absolute Gasteiger partial charge is 0.369 e. The summed E-state index contributed by atoms with van der Waals surface area (Å²) in [5.74, 6) is 0.0948. The molecular weight excluding hydrogens is 266 g/mol.